The third kappa shape index (κ3) is 2.93. The maximum atomic E-state index is 12.6. The van der Waals surface area contributed by atoms with Crippen LogP contribution in [0.3, 0.4) is 0 Å². The lowest BCUT2D eigenvalue weighted by atomic mass is 9.96. The summed E-state index contributed by atoms with van der Waals surface area (Å²) in [5, 5.41) is 9.02. The summed E-state index contributed by atoms with van der Waals surface area (Å²) in [5.74, 6) is -2.33. The Morgan fingerprint density at radius 2 is 1.80 bits per heavy atom. The van der Waals surface area contributed by atoms with E-state index in [1.165, 1.54) is 24.3 Å². The molecular weight excluding hydrogens is 324 g/mol. The molecule has 0 atom stereocenters. The zero-order chi connectivity index (χ0) is 18.1. The van der Waals surface area contributed by atoms with Crippen LogP contribution in [0.4, 0.5) is 0 Å². The molecule has 3 rings (SSSR count). The van der Waals surface area contributed by atoms with Crippen molar-refractivity contribution in [3.8, 4) is 0 Å². The number of likely N-dealkylation sites (tertiary alicyclic amines) is 1. The molecule has 1 fully saturated rings. The van der Waals surface area contributed by atoms with E-state index in [0.29, 0.717) is 31.5 Å². The molecule has 2 heterocycles. The fourth-order valence-electron chi connectivity index (χ4n) is 3.23. The molecule has 7 heteroatoms. The number of carboxylic acids is 1. The van der Waals surface area contributed by atoms with Crippen molar-refractivity contribution in [3.63, 3.8) is 0 Å². The summed E-state index contributed by atoms with van der Waals surface area (Å²) in [4.78, 5) is 50.8. The number of amides is 3. The van der Waals surface area contributed by atoms with Crippen molar-refractivity contribution < 1.29 is 24.3 Å². The van der Waals surface area contributed by atoms with Crippen molar-refractivity contribution in [2.45, 2.75) is 12.8 Å². The highest BCUT2D eigenvalue weighted by Crippen LogP contribution is 2.25. The van der Waals surface area contributed by atoms with E-state index in [0.717, 1.165) is 4.90 Å². The monoisotopic (exact) mass is 342 g/mol. The van der Waals surface area contributed by atoms with Crippen molar-refractivity contribution in [3.05, 3.63) is 47.5 Å². The highest BCUT2D eigenvalue weighted by Gasteiger charge is 2.36. The summed E-state index contributed by atoms with van der Waals surface area (Å²) in [7, 11) is 0. The number of rotatable bonds is 4. The van der Waals surface area contributed by atoms with Crippen LogP contribution >= 0.6 is 0 Å². The van der Waals surface area contributed by atoms with E-state index in [1.807, 2.05) is 0 Å². The number of carboxylic acid groups (broad SMARTS) is 1. The SMILES string of the molecule is C=CCN1C(=O)c2ccc(C(=O)N3CCC(C(=O)O)CC3)cc2C1=O. The van der Waals surface area contributed by atoms with Gasteiger partial charge in [0.15, 0.2) is 0 Å². The van der Waals surface area contributed by atoms with E-state index >= 15 is 0 Å². The number of piperidine rings is 1. The van der Waals surface area contributed by atoms with Crippen LogP contribution in [0.2, 0.25) is 0 Å². The molecule has 25 heavy (non-hydrogen) atoms. The normalized spacial score (nSPS) is 17.6. The smallest absolute Gasteiger partial charge is 0.306 e. The predicted octanol–water partition coefficient (Wildman–Crippen LogP) is 1.41. The molecule has 1 aromatic rings. The van der Waals surface area contributed by atoms with E-state index in [9.17, 15) is 19.2 Å². The van der Waals surface area contributed by atoms with Crippen LogP contribution in [0.15, 0.2) is 30.9 Å². The third-order valence-corrected chi connectivity index (χ3v) is 4.66. The van der Waals surface area contributed by atoms with Crippen LogP contribution in [0.1, 0.15) is 43.9 Å². The van der Waals surface area contributed by atoms with Gasteiger partial charge in [0.05, 0.1) is 17.0 Å². The molecule has 0 radical (unpaired) electrons. The molecule has 1 aromatic carbocycles. The number of hydrogen-bond acceptors (Lipinski definition) is 4. The fraction of sp³-hybridized carbons (Fsp3) is 0.333. The number of imide groups is 1. The Hall–Kier alpha value is -2.96. The first-order valence-corrected chi connectivity index (χ1v) is 8.07. The van der Waals surface area contributed by atoms with Crippen LogP contribution in [0.5, 0.6) is 0 Å². The number of carbonyl (C=O) groups is 4. The molecule has 0 spiro atoms. The molecule has 130 valence electrons. The minimum absolute atomic E-state index is 0.123. The molecule has 2 aliphatic rings. The highest BCUT2D eigenvalue weighted by atomic mass is 16.4. The van der Waals surface area contributed by atoms with E-state index < -0.39 is 17.8 Å². The summed E-state index contributed by atoms with van der Waals surface area (Å²) in [5.41, 5.74) is 0.834. The van der Waals surface area contributed by atoms with Crippen molar-refractivity contribution in [1.29, 1.82) is 0 Å². The largest absolute Gasteiger partial charge is 0.481 e. The van der Waals surface area contributed by atoms with Gasteiger partial charge in [-0.05, 0) is 31.0 Å². The molecule has 0 aromatic heterocycles. The summed E-state index contributed by atoms with van der Waals surface area (Å²) in [6.45, 7) is 4.38. The fourth-order valence-corrected chi connectivity index (χ4v) is 3.23. The Labute approximate surface area is 144 Å². The van der Waals surface area contributed by atoms with Crippen LogP contribution < -0.4 is 0 Å². The van der Waals surface area contributed by atoms with E-state index in [4.69, 9.17) is 5.11 Å². The second-order valence-electron chi connectivity index (χ2n) is 6.17. The number of aliphatic carboxylic acids is 1. The molecule has 1 N–H and O–H groups in total. The van der Waals surface area contributed by atoms with Gasteiger partial charge >= 0.3 is 5.97 Å². The van der Waals surface area contributed by atoms with Gasteiger partial charge in [-0.2, -0.15) is 0 Å². The Bertz CT molecular complexity index is 778. The Balaban J connectivity index is 1.79. The first-order valence-electron chi connectivity index (χ1n) is 8.07. The molecule has 0 saturated carbocycles. The molecule has 7 nitrogen and oxygen atoms in total. The highest BCUT2D eigenvalue weighted by molar-refractivity contribution is 6.22. The van der Waals surface area contributed by atoms with E-state index in [1.54, 1.807) is 4.90 Å². The van der Waals surface area contributed by atoms with Crippen molar-refractivity contribution in [2.75, 3.05) is 19.6 Å². The number of fused-ring (bicyclic) bond motifs is 1. The predicted molar refractivity (Wildman–Crippen MR) is 88.3 cm³/mol. The van der Waals surface area contributed by atoms with Gasteiger partial charge in [-0.3, -0.25) is 24.1 Å². The molecule has 0 unspecified atom stereocenters. The maximum Gasteiger partial charge on any atom is 0.306 e. The van der Waals surface area contributed by atoms with Gasteiger partial charge < -0.3 is 10.0 Å². The van der Waals surface area contributed by atoms with Crippen molar-refractivity contribution >= 4 is 23.7 Å². The number of nitrogens with zero attached hydrogens (tertiary/aromatic N) is 2. The van der Waals surface area contributed by atoms with Gasteiger partial charge in [0.2, 0.25) is 0 Å². The maximum absolute atomic E-state index is 12.6. The minimum Gasteiger partial charge on any atom is -0.481 e. The molecule has 2 aliphatic heterocycles. The average Bonchev–Trinajstić information content (AvgIpc) is 2.86. The first kappa shape index (κ1) is 16.9. The van der Waals surface area contributed by atoms with Gasteiger partial charge in [0, 0.05) is 25.2 Å². The van der Waals surface area contributed by atoms with Crippen LogP contribution in [0, 0.1) is 5.92 Å². The van der Waals surface area contributed by atoms with Gasteiger partial charge in [0.1, 0.15) is 0 Å². The Morgan fingerprint density at radius 1 is 1.16 bits per heavy atom. The number of benzene rings is 1. The average molecular weight is 342 g/mol. The second-order valence-corrected chi connectivity index (χ2v) is 6.17. The summed E-state index contributed by atoms with van der Waals surface area (Å²) < 4.78 is 0. The summed E-state index contributed by atoms with van der Waals surface area (Å²) in [6.07, 6.45) is 2.30. The van der Waals surface area contributed by atoms with Crippen LogP contribution in [0.25, 0.3) is 0 Å². The Morgan fingerprint density at radius 3 is 2.40 bits per heavy atom. The van der Waals surface area contributed by atoms with Crippen LogP contribution in [-0.2, 0) is 4.79 Å². The first-order chi connectivity index (χ1) is 11.9. The van der Waals surface area contributed by atoms with Gasteiger partial charge in [-0.25, -0.2) is 0 Å². The quantitative estimate of drug-likeness (QED) is 0.659. The van der Waals surface area contributed by atoms with Gasteiger partial charge in [-0.1, -0.05) is 6.08 Å². The number of carbonyl (C=O) groups excluding carboxylic acids is 3. The molecule has 0 bridgehead atoms. The van der Waals surface area contributed by atoms with Gasteiger partial charge in [0.25, 0.3) is 17.7 Å². The third-order valence-electron chi connectivity index (χ3n) is 4.66. The lowest BCUT2D eigenvalue weighted by Crippen LogP contribution is -2.40. The van der Waals surface area contributed by atoms with Crippen molar-refractivity contribution in [2.24, 2.45) is 5.92 Å². The van der Waals surface area contributed by atoms with Crippen LogP contribution in [-0.4, -0.2) is 58.2 Å². The zero-order valence-corrected chi connectivity index (χ0v) is 13.6. The van der Waals surface area contributed by atoms with Crippen molar-refractivity contribution in [1.82, 2.24) is 9.80 Å². The van der Waals surface area contributed by atoms with Gasteiger partial charge in [-0.15, -0.1) is 6.58 Å². The number of hydrogen-bond donors (Lipinski definition) is 1. The lowest BCUT2D eigenvalue weighted by Gasteiger charge is -2.30. The standard InChI is InChI=1S/C18H18N2O5/c1-2-7-20-16(22)13-4-3-12(10-14(13)17(20)23)15(21)19-8-5-11(6-9-19)18(24)25/h2-4,10-11H,1,5-9H2,(H,24,25). The molecular formula is C18H18N2O5. The Kier molecular flexibility index (Phi) is 4.39. The zero-order valence-electron chi connectivity index (χ0n) is 13.6. The molecule has 0 aliphatic carbocycles. The summed E-state index contributed by atoms with van der Waals surface area (Å²) in [6, 6.07) is 4.48. The van der Waals surface area contributed by atoms with E-state index in [2.05, 4.69) is 6.58 Å². The molecule has 1 saturated heterocycles. The topological polar surface area (TPSA) is 95.0 Å². The molecule has 3 amide bonds. The van der Waals surface area contributed by atoms with E-state index in [-0.39, 0.29) is 29.5 Å². The second kappa shape index (κ2) is 6.51. The minimum atomic E-state index is -0.837. The summed E-state index contributed by atoms with van der Waals surface area (Å²) >= 11 is 0. The lowest BCUT2D eigenvalue weighted by molar-refractivity contribution is -0.143.